The number of nitrogens with zero attached hydrogens (tertiary/aromatic N) is 1. The van der Waals surface area contributed by atoms with E-state index in [-0.39, 0.29) is 29.4 Å². The molecule has 1 saturated carbocycles. The maximum atomic E-state index is 12.4. The summed E-state index contributed by atoms with van der Waals surface area (Å²) in [6, 6.07) is -0.195. The highest BCUT2D eigenvalue weighted by Crippen LogP contribution is 2.29. The van der Waals surface area contributed by atoms with E-state index in [9.17, 15) is 9.59 Å². The van der Waals surface area contributed by atoms with Crippen molar-refractivity contribution in [3.63, 3.8) is 0 Å². The van der Waals surface area contributed by atoms with Crippen LogP contribution in [0.3, 0.4) is 0 Å². The van der Waals surface area contributed by atoms with Crippen molar-refractivity contribution in [3.05, 3.63) is 0 Å². The van der Waals surface area contributed by atoms with Gasteiger partial charge in [-0.25, -0.2) is 0 Å². The van der Waals surface area contributed by atoms with Gasteiger partial charge in [-0.2, -0.15) is 0 Å². The molecule has 2 heterocycles. The summed E-state index contributed by atoms with van der Waals surface area (Å²) in [4.78, 5) is 26.1. The third-order valence-electron chi connectivity index (χ3n) is 4.61. The molecule has 2 amide bonds. The molecular formula is C14H22N2O3. The molecule has 19 heavy (non-hydrogen) atoms. The van der Waals surface area contributed by atoms with Gasteiger partial charge in [0.1, 0.15) is 0 Å². The Labute approximate surface area is 113 Å². The van der Waals surface area contributed by atoms with Crippen molar-refractivity contribution >= 4 is 11.8 Å². The molecule has 0 aromatic carbocycles. The lowest BCUT2D eigenvalue weighted by atomic mass is 10.00. The average Bonchev–Trinajstić information content (AvgIpc) is 3.04. The van der Waals surface area contributed by atoms with Crippen LogP contribution in [-0.2, 0) is 14.3 Å². The van der Waals surface area contributed by atoms with E-state index in [0.29, 0.717) is 13.0 Å². The summed E-state index contributed by atoms with van der Waals surface area (Å²) < 4.78 is 5.39. The summed E-state index contributed by atoms with van der Waals surface area (Å²) in [7, 11) is 0. The third-order valence-corrected chi connectivity index (χ3v) is 4.61. The first-order valence-corrected chi connectivity index (χ1v) is 7.30. The number of ether oxygens (including phenoxy) is 1. The van der Waals surface area contributed by atoms with Crippen LogP contribution in [0.5, 0.6) is 0 Å². The van der Waals surface area contributed by atoms with Gasteiger partial charge in [0.15, 0.2) is 0 Å². The molecule has 2 unspecified atom stereocenters. The lowest BCUT2D eigenvalue weighted by Gasteiger charge is -2.28. The first-order chi connectivity index (χ1) is 9.09. The number of rotatable bonds is 3. The Hall–Kier alpha value is -0.940. The fourth-order valence-corrected chi connectivity index (χ4v) is 3.51. The van der Waals surface area contributed by atoms with Crippen LogP contribution in [0.1, 0.15) is 45.4 Å². The van der Waals surface area contributed by atoms with Gasteiger partial charge < -0.3 is 4.74 Å². The van der Waals surface area contributed by atoms with Crippen molar-refractivity contribution < 1.29 is 14.3 Å². The summed E-state index contributed by atoms with van der Waals surface area (Å²) in [5.41, 5.74) is -0.160. The van der Waals surface area contributed by atoms with E-state index in [0.717, 1.165) is 38.7 Å². The van der Waals surface area contributed by atoms with Crippen molar-refractivity contribution in [1.82, 2.24) is 10.2 Å². The molecule has 1 N–H and O–H groups in total. The summed E-state index contributed by atoms with van der Waals surface area (Å²) >= 11 is 0. The second-order valence-electron chi connectivity index (χ2n) is 6.30. The molecule has 0 aromatic heterocycles. The monoisotopic (exact) mass is 266 g/mol. The van der Waals surface area contributed by atoms with Crippen LogP contribution in [0.2, 0.25) is 0 Å². The standard InChI is InChI=1S/C14H22N2O3/c1-14(6-7-19-9-14)15-11-8-12(17)16(13(11)18)10-4-2-3-5-10/h10-11,15H,2-9H2,1H3. The molecule has 2 atom stereocenters. The van der Waals surface area contributed by atoms with E-state index in [2.05, 4.69) is 12.2 Å². The number of imide groups is 1. The van der Waals surface area contributed by atoms with Crippen LogP contribution in [-0.4, -0.2) is 47.6 Å². The maximum Gasteiger partial charge on any atom is 0.247 e. The Morgan fingerprint density at radius 1 is 1.32 bits per heavy atom. The average molecular weight is 266 g/mol. The largest absolute Gasteiger partial charge is 0.379 e. The van der Waals surface area contributed by atoms with Gasteiger partial charge in [-0.05, 0) is 26.2 Å². The van der Waals surface area contributed by atoms with Crippen LogP contribution < -0.4 is 5.32 Å². The highest BCUT2D eigenvalue weighted by molar-refractivity contribution is 6.05. The minimum absolute atomic E-state index is 0.00286. The van der Waals surface area contributed by atoms with E-state index in [1.165, 1.54) is 4.90 Å². The van der Waals surface area contributed by atoms with Crippen LogP contribution >= 0.6 is 0 Å². The van der Waals surface area contributed by atoms with Crippen LogP contribution in [0.25, 0.3) is 0 Å². The van der Waals surface area contributed by atoms with Gasteiger partial charge in [-0.3, -0.25) is 19.8 Å². The number of likely N-dealkylation sites (tertiary alicyclic amines) is 1. The Morgan fingerprint density at radius 2 is 2.05 bits per heavy atom. The Kier molecular flexibility index (Phi) is 3.35. The van der Waals surface area contributed by atoms with Gasteiger partial charge in [0.2, 0.25) is 11.8 Å². The molecule has 3 aliphatic rings. The molecule has 2 aliphatic heterocycles. The third kappa shape index (κ3) is 2.41. The topological polar surface area (TPSA) is 58.6 Å². The fraction of sp³-hybridized carbons (Fsp3) is 0.857. The van der Waals surface area contributed by atoms with Crippen molar-refractivity contribution in [3.8, 4) is 0 Å². The van der Waals surface area contributed by atoms with E-state index in [4.69, 9.17) is 4.74 Å². The highest BCUT2D eigenvalue weighted by atomic mass is 16.5. The zero-order chi connectivity index (χ0) is 13.5. The van der Waals surface area contributed by atoms with Crippen LogP contribution in [0.15, 0.2) is 0 Å². The number of hydrogen-bond acceptors (Lipinski definition) is 4. The van der Waals surface area contributed by atoms with Crippen molar-refractivity contribution in [2.24, 2.45) is 0 Å². The maximum absolute atomic E-state index is 12.4. The Morgan fingerprint density at radius 3 is 2.68 bits per heavy atom. The van der Waals surface area contributed by atoms with E-state index in [1.54, 1.807) is 0 Å². The zero-order valence-corrected chi connectivity index (χ0v) is 11.5. The lowest BCUT2D eigenvalue weighted by Crippen LogP contribution is -2.52. The number of carbonyl (C=O) groups is 2. The Bertz CT molecular complexity index is 384. The second kappa shape index (κ2) is 4.87. The first kappa shape index (κ1) is 13.1. The number of amides is 2. The molecule has 0 aromatic rings. The molecule has 0 radical (unpaired) electrons. The molecular weight excluding hydrogens is 244 g/mol. The first-order valence-electron chi connectivity index (χ1n) is 7.30. The van der Waals surface area contributed by atoms with E-state index < -0.39 is 0 Å². The van der Waals surface area contributed by atoms with Crippen LogP contribution in [0.4, 0.5) is 0 Å². The summed E-state index contributed by atoms with van der Waals surface area (Å²) in [5, 5.41) is 3.35. The zero-order valence-electron chi connectivity index (χ0n) is 11.5. The molecule has 1 aliphatic carbocycles. The number of nitrogens with one attached hydrogen (secondary N) is 1. The molecule has 106 valence electrons. The Balaban J connectivity index is 1.68. The van der Waals surface area contributed by atoms with Gasteiger partial charge in [0.05, 0.1) is 19.1 Å². The number of hydrogen-bond donors (Lipinski definition) is 1. The second-order valence-corrected chi connectivity index (χ2v) is 6.30. The number of carbonyl (C=O) groups excluding carboxylic acids is 2. The van der Waals surface area contributed by atoms with Gasteiger partial charge in [0.25, 0.3) is 0 Å². The normalized spacial score (nSPS) is 36.7. The minimum atomic E-state index is -0.347. The SMILES string of the molecule is CC1(NC2CC(=O)N(C3CCCC3)C2=O)CCOC1. The van der Waals surface area contributed by atoms with Crippen molar-refractivity contribution in [1.29, 1.82) is 0 Å². The van der Waals surface area contributed by atoms with Crippen molar-refractivity contribution in [2.75, 3.05) is 13.2 Å². The molecule has 0 bridgehead atoms. The molecule has 3 fully saturated rings. The quantitative estimate of drug-likeness (QED) is 0.769. The summed E-state index contributed by atoms with van der Waals surface area (Å²) in [5.74, 6) is -0.0260. The lowest BCUT2D eigenvalue weighted by molar-refractivity contribution is -0.141. The molecule has 5 nitrogen and oxygen atoms in total. The minimum Gasteiger partial charge on any atom is -0.379 e. The van der Waals surface area contributed by atoms with Gasteiger partial charge in [-0.15, -0.1) is 0 Å². The van der Waals surface area contributed by atoms with Gasteiger partial charge >= 0.3 is 0 Å². The molecule has 5 heteroatoms. The highest BCUT2D eigenvalue weighted by Gasteiger charge is 2.45. The fourth-order valence-electron chi connectivity index (χ4n) is 3.51. The summed E-state index contributed by atoms with van der Waals surface area (Å²) in [6.45, 7) is 3.41. The predicted octanol–water partition coefficient (Wildman–Crippen LogP) is 0.825. The molecule has 2 saturated heterocycles. The van der Waals surface area contributed by atoms with E-state index in [1.807, 2.05) is 0 Å². The van der Waals surface area contributed by atoms with Crippen molar-refractivity contribution in [2.45, 2.75) is 63.1 Å². The predicted molar refractivity (Wildman–Crippen MR) is 69.5 cm³/mol. The molecule has 0 spiro atoms. The van der Waals surface area contributed by atoms with Gasteiger partial charge in [0, 0.05) is 18.2 Å². The molecule has 3 rings (SSSR count). The smallest absolute Gasteiger partial charge is 0.247 e. The van der Waals surface area contributed by atoms with Crippen LogP contribution in [0, 0.1) is 0 Å². The van der Waals surface area contributed by atoms with Gasteiger partial charge in [-0.1, -0.05) is 12.8 Å². The summed E-state index contributed by atoms with van der Waals surface area (Å²) in [6.07, 6.45) is 5.42. The van der Waals surface area contributed by atoms with E-state index >= 15 is 0 Å².